The highest BCUT2D eigenvalue weighted by Gasteiger charge is 2.33. The van der Waals surface area contributed by atoms with Crippen molar-refractivity contribution in [3.63, 3.8) is 0 Å². The number of nitrogens with one attached hydrogen (secondary N) is 1. The summed E-state index contributed by atoms with van der Waals surface area (Å²) in [6.07, 6.45) is 0. The van der Waals surface area contributed by atoms with Gasteiger partial charge in [-0.25, -0.2) is 0 Å². The molecule has 0 aliphatic carbocycles. The summed E-state index contributed by atoms with van der Waals surface area (Å²) in [4.78, 5) is 12.3. The molecule has 0 saturated carbocycles. The molecule has 0 atom stereocenters. The number of ether oxygens (including phenoxy) is 1. The molecule has 2 aromatic rings. The average molecular weight is 263 g/mol. The lowest BCUT2D eigenvalue weighted by molar-refractivity contribution is -0.110. The number of fused-ring (bicyclic) bond motifs is 2. The number of benzene rings is 2. The molecule has 0 unspecified atom stereocenters. The molecule has 2 aromatic carbocycles. The van der Waals surface area contributed by atoms with Crippen molar-refractivity contribution < 1.29 is 9.53 Å². The Bertz CT molecular complexity index is 774. The molecule has 0 spiro atoms. The van der Waals surface area contributed by atoms with Crippen LogP contribution in [0.15, 0.2) is 42.5 Å². The van der Waals surface area contributed by atoms with Gasteiger partial charge in [0, 0.05) is 22.4 Å². The number of hydrogen-bond acceptors (Lipinski definition) is 2. The second-order valence-corrected chi connectivity index (χ2v) is 5.10. The maximum atomic E-state index is 12.3. The van der Waals surface area contributed by atoms with E-state index >= 15 is 0 Å². The monoisotopic (exact) mass is 263 g/mol. The van der Waals surface area contributed by atoms with Crippen LogP contribution in [0.4, 0.5) is 5.69 Å². The van der Waals surface area contributed by atoms with Gasteiger partial charge in [-0.3, -0.25) is 4.79 Å². The normalized spacial score (nSPS) is 19.4. The Morgan fingerprint density at radius 2 is 1.95 bits per heavy atom. The van der Waals surface area contributed by atoms with Gasteiger partial charge in [0.25, 0.3) is 5.91 Å². The van der Waals surface area contributed by atoms with Gasteiger partial charge in [0.2, 0.25) is 0 Å². The van der Waals surface area contributed by atoms with Crippen LogP contribution in [0.25, 0.3) is 11.3 Å². The molecule has 20 heavy (non-hydrogen) atoms. The summed E-state index contributed by atoms with van der Waals surface area (Å²) in [5.41, 5.74) is 5.72. The predicted octanol–water partition coefficient (Wildman–Crippen LogP) is 3.35. The molecule has 2 aliphatic rings. The molecule has 0 aromatic heterocycles. The van der Waals surface area contributed by atoms with Gasteiger partial charge in [-0.05, 0) is 18.6 Å². The summed E-state index contributed by atoms with van der Waals surface area (Å²) in [6.45, 7) is 2.55. The third-order valence-electron chi connectivity index (χ3n) is 3.86. The molecule has 4 rings (SSSR count). The van der Waals surface area contributed by atoms with Crippen LogP contribution in [0.1, 0.15) is 22.3 Å². The summed E-state index contributed by atoms with van der Waals surface area (Å²) in [6, 6.07) is 13.9. The van der Waals surface area contributed by atoms with E-state index in [4.69, 9.17) is 4.74 Å². The van der Waals surface area contributed by atoms with Gasteiger partial charge in [-0.1, -0.05) is 36.4 Å². The molecule has 2 heterocycles. The lowest BCUT2D eigenvalue weighted by Gasteiger charge is -2.07. The second-order valence-electron chi connectivity index (χ2n) is 5.10. The Morgan fingerprint density at radius 3 is 2.85 bits per heavy atom. The van der Waals surface area contributed by atoms with Crippen LogP contribution in [0.2, 0.25) is 0 Å². The van der Waals surface area contributed by atoms with Crippen molar-refractivity contribution in [1.82, 2.24) is 0 Å². The highest BCUT2D eigenvalue weighted by molar-refractivity contribution is 6.36. The molecule has 0 fully saturated rings. The van der Waals surface area contributed by atoms with Gasteiger partial charge in [-0.15, -0.1) is 0 Å². The first kappa shape index (κ1) is 11.3. The Labute approximate surface area is 116 Å². The van der Waals surface area contributed by atoms with Gasteiger partial charge < -0.3 is 10.1 Å². The molecule has 1 N–H and O–H groups in total. The molecule has 1 amide bonds. The first-order chi connectivity index (χ1) is 9.75. The molecule has 0 bridgehead atoms. The Morgan fingerprint density at radius 1 is 1.10 bits per heavy atom. The number of amides is 1. The SMILES string of the molecule is Cc1cccc2c1C(=C1OCc3ccccc31)C(=O)N2. The number of aryl methyl sites for hydroxylation is 1. The first-order valence-electron chi connectivity index (χ1n) is 6.62. The van der Waals surface area contributed by atoms with E-state index < -0.39 is 0 Å². The molecular weight excluding hydrogens is 250 g/mol. The number of carbonyl (C=O) groups excluding carboxylic acids is 1. The Kier molecular flexibility index (Phi) is 2.24. The van der Waals surface area contributed by atoms with Crippen LogP contribution in [-0.2, 0) is 16.1 Å². The van der Waals surface area contributed by atoms with E-state index in [1.54, 1.807) is 0 Å². The highest BCUT2D eigenvalue weighted by atomic mass is 16.5. The average Bonchev–Trinajstić information content (AvgIpc) is 3.00. The summed E-state index contributed by atoms with van der Waals surface area (Å²) in [5.74, 6) is 0.618. The molecule has 0 radical (unpaired) electrons. The third-order valence-corrected chi connectivity index (χ3v) is 3.86. The number of hydrogen-bond donors (Lipinski definition) is 1. The fourth-order valence-corrected chi connectivity index (χ4v) is 2.92. The molecule has 2 aliphatic heterocycles. The van der Waals surface area contributed by atoms with Crippen molar-refractivity contribution in [1.29, 1.82) is 0 Å². The second kappa shape index (κ2) is 3.97. The lowest BCUT2D eigenvalue weighted by Crippen LogP contribution is -2.05. The minimum Gasteiger partial charge on any atom is -0.487 e. The summed E-state index contributed by atoms with van der Waals surface area (Å²) in [5, 5.41) is 2.92. The third kappa shape index (κ3) is 1.43. The molecule has 0 saturated heterocycles. The first-order valence-corrected chi connectivity index (χ1v) is 6.62. The largest absolute Gasteiger partial charge is 0.487 e. The minimum atomic E-state index is -0.0824. The molecular formula is C17H13NO2. The van der Waals surface area contributed by atoms with Gasteiger partial charge in [0.05, 0.1) is 5.57 Å². The predicted molar refractivity (Wildman–Crippen MR) is 77.9 cm³/mol. The van der Waals surface area contributed by atoms with Crippen LogP contribution < -0.4 is 5.32 Å². The maximum Gasteiger partial charge on any atom is 0.260 e. The van der Waals surface area contributed by atoms with Crippen molar-refractivity contribution in [2.24, 2.45) is 0 Å². The smallest absolute Gasteiger partial charge is 0.260 e. The molecule has 3 heteroatoms. The van der Waals surface area contributed by atoms with Crippen molar-refractivity contribution in [2.75, 3.05) is 5.32 Å². The Hall–Kier alpha value is -2.55. The van der Waals surface area contributed by atoms with Crippen LogP contribution in [0.5, 0.6) is 0 Å². The zero-order valence-electron chi connectivity index (χ0n) is 11.1. The van der Waals surface area contributed by atoms with E-state index in [0.717, 1.165) is 27.9 Å². The van der Waals surface area contributed by atoms with Crippen LogP contribution in [0.3, 0.4) is 0 Å². The van der Waals surface area contributed by atoms with E-state index in [1.807, 2.05) is 49.4 Å². The van der Waals surface area contributed by atoms with Crippen LogP contribution in [-0.4, -0.2) is 5.91 Å². The van der Waals surface area contributed by atoms with Crippen molar-refractivity contribution >= 4 is 22.9 Å². The number of rotatable bonds is 0. The van der Waals surface area contributed by atoms with Gasteiger partial charge >= 0.3 is 0 Å². The fourth-order valence-electron chi connectivity index (χ4n) is 2.92. The van der Waals surface area contributed by atoms with Crippen LogP contribution in [0, 0.1) is 6.92 Å². The van der Waals surface area contributed by atoms with Crippen molar-refractivity contribution in [3.8, 4) is 0 Å². The van der Waals surface area contributed by atoms with E-state index in [-0.39, 0.29) is 5.91 Å². The number of carbonyl (C=O) groups is 1. The zero-order valence-corrected chi connectivity index (χ0v) is 11.1. The summed E-state index contributed by atoms with van der Waals surface area (Å²) < 4.78 is 5.81. The molecule has 3 nitrogen and oxygen atoms in total. The number of anilines is 1. The van der Waals surface area contributed by atoms with Crippen molar-refractivity contribution in [2.45, 2.75) is 13.5 Å². The van der Waals surface area contributed by atoms with Gasteiger partial charge in [0.15, 0.2) is 0 Å². The fraction of sp³-hybridized carbons (Fsp3) is 0.118. The van der Waals surface area contributed by atoms with E-state index in [2.05, 4.69) is 5.32 Å². The lowest BCUT2D eigenvalue weighted by atomic mass is 9.97. The van der Waals surface area contributed by atoms with Gasteiger partial charge in [0.1, 0.15) is 12.4 Å². The van der Waals surface area contributed by atoms with Crippen LogP contribution >= 0.6 is 0 Å². The van der Waals surface area contributed by atoms with E-state index in [1.165, 1.54) is 0 Å². The standard InChI is InChI=1S/C17H13NO2/c1-10-5-4-8-13-14(10)15(17(19)18-13)16-12-7-3-2-6-11(12)9-20-16/h2-8H,9H2,1H3,(H,18,19). The molecule has 98 valence electrons. The highest BCUT2D eigenvalue weighted by Crippen LogP contribution is 2.42. The Balaban J connectivity index is 2.01. The zero-order chi connectivity index (χ0) is 13.7. The maximum absolute atomic E-state index is 12.3. The minimum absolute atomic E-state index is 0.0824. The van der Waals surface area contributed by atoms with Crippen molar-refractivity contribution in [3.05, 3.63) is 64.7 Å². The van der Waals surface area contributed by atoms with E-state index in [9.17, 15) is 4.79 Å². The van der Waals surface area contributed by atoms with E-state index in [0.29, 0.717) is 17.9 Å². The summed E-state index contributed by atoms with van der Waals surface area (Å²) >= 11 is 0. The summed E-state index contributed by atoms with van der Waals surface area (Å²) in [7, 11) is 0. The quantitative estimate of drug-likeness (QED) is 0.740. The van der Waals surface area contributed by atoms with Gasteiger partial charge in [-0.2, -0.15) is 0 Å². The topological polar surface area (TPSA) is 38.3 Å².